The number of hydrogen-bond donors (Lipinski definition) is 3. The second kappa shape index (κ2) is 5.85. The molecular weight excluding hydrogens is 277 g/mol. The second-order valence-electron chi connectivity index (χ2n) is 5.01. The molecule has 1 aromatic carbocycles. The molecule has 6 heteroatoms. The predicted octanol–water partition coefficient (Wildman–Crippen LogP) is 2.48. The van der Waals surface area contributed by atoms with Crippen LogP contribution in [0, 0.1) is 5.82 Å². The van der Waals surface area contributed by atoms with Gasteiger partial charge in [-0.1, -0.05) is 0 Å². The highest BCUT2D eigenvalue weighted by Gasteiger charge is 2.21. The number of nitrogens with zero attached hydrogens (tertiary/aromatic N) is 1. The van der Waals surface area contributed by atoms with Crippen LogP contribution in [0.1, 0.15) is 6.92 Å². The van der Waals surface area contributed by atoms with Crippen LogP contribution < -0.4 is 11.1 Å². The van der Waals surface area contributed by atoms with Crippen molar-refractivity contribution in [1.29, 1.82) is 0 Å². The molecule has 1 aromatic heterocycles. The van der Waals surface area contributed by atoms with Gasteiger partial charge in [-0.25, -0.2) is 4.39 Å². The number of aromatic nitrogens is 1. The zero-order valence-electron chi connectivity index (χ0n) is 11.5. The number of aliphatic hydroxyl groups is 1. The SMILES string of the molecule is CSCC(C)(O)CNc1c(F)cc(N)c2cccnc12. The van der Waals surface area contributed by atoms with Crippen LogP contribution in [0.5, 0.6) is 0 Å². The van der Waals surface area contributed by atoms with Crippen LogP contribution in [0.25, 0.3) is 10.9 Å². The van der Waals surface area contributed by atoms with Crippen LogP contribution in [0.4, 0.5) is 15.8 Å². The van der Waals surface area contributed by atoms with Crippen LogP contribution in [0.2, 0.25) is 0 Å². The number of nitrogens with one attached hydrogen (secondary N) is 1. The van der Waals surface area contributed by atoms with E-state index in [-0.39, 0.29) is 12.2 Å². The Bertz CT molecular complexity index is 619. The molecule has 0 radical (unpaired) electrons. The molecule has 1 unspecified atom stereocenters. The van der Waals surface area contributed by atoms with E-state index in [1.165, 1.54) is 17.8 Å². The first-order chi connectivity index (χ1) is 9.44. The number of hydrogen-bond acceptors (Lipinski definition) is 5. The summed E-state index contributed by atoms with van der Waals surface area (Å²) >= 11 is 1.53. The zero-order chi connectivity index (χ0) is 14.8. The van der Waals surface area contributed by atoms with Gasteiger partial charge < -0.3 is 16.2 Å². The van der Waals surface area contributed by atoms with Crippen molar-refractivity contribution in [1.82, 2.24) is 4.98 Å². The van der Waals surface area contributed by atoms with Crippen LogP contribution in [-0.4, -0.2) is 34.2 Å². The Balaban J connectivity index is 2.35. The summed E-state index contributed by atoms with van der Waals surface area (Å²) in [7, 11) is 0. The van der Waals surface area contributed by atoms with E-state index < -0.39 is 11.4 Å². The number of nitrogen functional groups attached to an aromatic ring is 1. The highest BCUT2D eigenvalue weighted by atomic mass is 32.2. The smallest absolute Gasteiger partial charge is 0.150 e. The lowest BCUT2D eigenvalue weighted by Gasteiger charge is -2.23. The monoisotopic (exact) mass is 295 g/mol. The molecule has 1 atom stereocenters. The maximum absolute atomic E-state index is 14.1. The minimum absolute atomic E-state index is 0.236. The summed E-state index contributed by atoms with van der Waals surface area (Å²) < 4.78 is 14.1. The van der Waals surface area contributed by atoms with Gasteiger partial charge in [0.15, 0.2) is 5.82 Å². The Hall–Kier alpha value is -1.53. The first-order valence-electron chi connectivity index (χ1n) is 6.22. The van der Waals surface area contributed by atoms with Crippen LogP contribution in [0.3, 0.4) is 0 Å². The lowest BCUT2D eigenvalue weighted by Crippen LogP contribution is -2.36. The van der Waals surface area contributed by atoms with Crippen molar-refractivity contribution in [3.05, 3.63) is 30.2 Å². The number of halogens is 1. The molecule has 0 aliphatic heterocycles. The number of anilines is 2. The summed E-state index contributed by atoms with van der Waals surface area (Å²) in [6.45, 7) is 1.95. The van der Waals surface area contributed by atoms with Crippen LogP contribution in [-0.2, 0) is 0 Å². The molecule has 4 N–H and O–H groups in total. The lowest BCUT2D eigenvalue weighted by molar-refractivity contribution is 0.0997. The van der Waals surface area contributed by atoms with Gasteiger partial charge in [0.25, 0.3) is 0 Å². The van der Waals surface area contributed by atoms with Crippen molar-refractivity contribution >= 4 is 34.0 Å². The Morgan fingerprint density at radius 1 is 1.55 bits per heavy atom. The molecule has 4 nitrogen and oxygen atoms in total. The van der Waals surface area contributed by atoms with Crippen LogP contribution in [0.15, 0.2) is 24.4 Å². The van der Waals surface area contributed by atoms with Gasteiger partial charge in [0.05, 0.1) is 16.8 Å². The third kappa shape index (κ3) is 3.13. The summed E-state index contributed by atoms with van der Waals surface area (Å²) in [4.78, 5) is 4.18. The average molecular weight is 295 g/mol. The molecule has 108 valence electrons. The number of nitrogens with two attached hydrogens (primary N) is 1. The third-order valence-electron chi connectivity index (χ3n) is 2.98. The van der Waals surface area contributed by atoms with E-state index in [0.29, 0.717) is 22.3 Å². The van der Waals surface area contributed by atoms with Crippen LogP contribution >= 0.6 is 11.8 Å². The molecule has 1 heterocycles. The fraction of sp³-hybridized carbons (Fsp3) is 0.357. The van der Waals surface area contributed by atoms with Crippen molar-refractivity contribution in [3.63, 3.8) is 0 Å². The standard InChI is InChI=1S/C14H18FN3OS/c1-14(19,8-20-2)7-18-13-10(15)6-11(16)9-4-3-5-17-12(9)13/h3-6,18-19H,7-8,16H2,1-2H3. The zero-order valence-corrected chi connectivity index (χ0v) is 12.3. The van der Waals surface area contributed by atoms with Crippen molar-refractivity contribution in [3.8, 4) is 0 Å². The van der Waals surface area contributed by atoms with Crippen molar-refractivity contribution in [2.45, 2.75) is 12.5 Å². The van der Waals surface area contributed by atoms with Gasteiger partial charge in [-0.15, -0.1) is 0 Å². The number of pyridine rings is 1. The molecule has 2 aromatic rings. The van der Waals surface area contributed by atoms with E-state index in [2.05, 4.69) is 10.3 Å². The fourth-order valence-corrected chi connectivity index (χ4v) is 2.77. The number of thioether (sulfide) groups is 1. The average Bonchev–Trinajstić information content (AvgIpc) is 2.38. The fourth-order valence-electron chi connectivity index (χ4n) is 2.05. The Kier molecular flexibility index (Phi) is 4.35. The van der Waals surface area contributed by atoms with E-state index in [1.54, 1.807) is 25.3 Å². The molecule has 0 spiro atoms. The normalized spacial score (nSPS) is 14.2. The van der Waals surface area contributed by atoms with Gasteiger partial charge in [-0.3, -0.25) is 4.98 Å². The summed E-state index contributed by atoms with van der Waals surface area (Å²) in [6, 6.07) is 4.82. The minimum atomic E-state index is -0.922. The summed E-state index contributed by atoms with van der Waals surface area (Å²) in [5.74, 6) is 0.0933. The molecule has 2 rings (SSSR count). The number of fused-ring (bicyclic) bond motifs is 1. The number of rotatable bonds is 5. The molecule has 0 bridgehead atoms. The summed E-state index contributed by atoms with van der Waals surface area (Å²) in [5, 5.41) is 13.8. The quantitative estimate of drug-likeness (QED) is 0.739. The predicted molar refractivity (Wildman–Crippen MR) is 83.6 cm³/mol. The third-order valence-corrected chi connectivity index (χ3v) is 3.89. The molecule has 0 aliphatic carbocycles. The molecule has 0 saturated carbocycles. The van der Waals surface area contributed by atoms with Gasteiger partial charge in [0.1, 0.15) is 0 Å². The summed E-state index contributed by atoms with van der Waals surface area (Å²) in [6.07, 6.45) is 3.50. The Morgan fingerprint density at radius 3 is 3.00 bits per heavy atom. The van der Waals surface area contributed by atoms with E-state index >= 15 is 0 Å². The van der Waals surface area contributed by atoms with Gasteiger partial charge in [-0.05, 0) is 31.4 Å². The van der Waals surface area contributed by atoms with Gasteiger partial charge in [0, 0.05) is 29.6 Å². The number of benzene rings is 1. The molecule has 0 fully saturated rings. The lowest BCUT2D eigenvalue weighted by atomic mass is 10.1. The van der Waals surface area contributed by atoms with Crippen molar-refractivity contribution in [2.24, 2.45) is 0 Å². The molecule has 0 aliphatic rings. The summed E-state index contributed by atoms with van der Waals surface area (Å²) in [5.41, 5.74) is 5.98. The minimum Gasteiger partial charge on any atom is -0.398 e. The molecule has 20 heavy (non-hydrogen) atoms. The topological polar surface area (TPSA) is 71.2 Å². The van der Waals surface area contributed by atoms with Gasteiger partial charge in [-0.2, -0.15) is 11.8 Å². The van der Waals surface area contributed by atoms with Gasteiger partial charge in [0.2, 0.25) is 0 Å². The second-order valence-corrected chi connectivity index (χ2v) is 5.87. The van der Waals surface area contributed by atoms with Crippen molar-refractivity contribution in [2.75, 3.05) is 29.6 Å². The first-order valence-corrected chi connectivity index (χ1v) is 7.62. The first kappa shape index (κ1) is 14.9. The van der Waals surface area contributed by atoms with Crippen molar-refractivity contribution < 1.29 is 9.50 Å². The highest BCUT2D eigenvalue weighted by Crippen LogP contribution is 2.30. The highest BCUT2D eigenvalue weighted by molar-refractivity contribution is 7.98. The van der Waals surface area contributed by atoms with Gasteiger partial charge >= 0.3 is 0 Å². The molecule has 0 saturated heterocycles. The van der Waals surface area contributed by atoms with E-state index in [0.717, 1.165) is 0 Å². The van der Waals surface area contributed by atoms with E-state index in [9.17, 15) is 9.50 Å². The maximum atomic E-state index is 14.1. The Morgan fingerprint density at radius 2 is 2.30 bits per heavy atom. The Labute approximate surface area is 121 Å². The maximum Gasteiger partial charge on any atom is 0.150 e. The van der Waals surface area contributed by atoms with E-state index in [4.69, 9.17) is 5.73 Å². The molecule has 0 amide bonds. The molecular formula is C14H18FN3OS. The largest absolute Gasteiger partial charge is 0.398 e. The van der Waals surface area contributed by atoms with E-state index in [1.807, 2.05) is 6.26 Å².